The second kappa shape index (κ2) is 7.38. The largest absolute Gasteiger partial charge is 0.491 e. The van der Waals surface area contributed by atoms with E-state index in [9.17, 15) is 9.59 Å². The van der Waals surface area contributed by atoms with Crippen molar-refractivity contribution in [2.75, 3.05) is 17.2 Å². The summed E-state index contributed by atoms with van der Waals surface area (Å²) in [5.74, 6) is 0.921. The molecule has 0 radical (unpaired) electrons. The van der Waals surface area contributed by atoms with Gasteiger partial charge in [-0.2, -0.15) is 0 Å². The van der Waals surface area contributed by atoms with Crippen molar-refractivity contribution in [3.63, 3.8) is 0 Å². The van der Waals surface area contributed by atoms with E-state index in [0.29, 0.717) is 30.4 Å². The molecule has 0 bridgehead atoms. The van der Waals surface area contributed by atoms with Crippen LogP contribution in [0.2, 0.25) is 0 Å². The Morgan fingerprint density at radius 3 is 2.68 bits per heavy atom. The molecule has 0 fully saturated rings. The molecule has 0 atom stereocenters. The van der Waals surface area contributed by atoms with Crippen LogP contribution in [0.1, 0.15) is 37.3 Å². The SMILES string of the molecule is CC(C)c1ccc(NC(=O)Cc2ccc3c(c2)NC(=O)CCO3)cc1. The van der Waals surface area contributed by atoms with E-state index in [4.69, 9.17) is 4.74 Å². The fraction of sp³-hybridized carbons (Fsp3) is 0.300. The average Bonchev–Trinajstić information content (AvgIpc) is 2.75. The number of anilines is 2. The quantitative estimate of drug-likeness (QED) is 0.893. The zero-order valence-electron chi connectivity index (χ0n) is 14.5. The van der Waals surface area contributed by atoms with Gasteiger partial charge < -0.3 is 15.4 Å². The first-order valence-corrected chi connectivity index (χ1v) is 8.46. The molecule has 0 aliphatic carbocycles. The molecule has 1 heterocycles. The molecule has 0 unspecified atom stereocenters. The van der Waals surface area contributed by atoms with Crippen LogP contribution in [-0.4, -0.2) is 18.4 Å². The maximum atomic E-state index is 12.3. The van der Waals surface area contributed by atoms with Crippen molar-refractivity contribution in [2.24, 2.45) is 0 Å². The van der Waals surface area contributed by atoms with Gasteiger partial charge in [-0.25, -0.2) is 0 Å². The summed E-state index contributed by atoms with van der Waals surface area (Å²) in [6.07, 6.45) is 0.561. The van der Waals surface area contributed by atoms with E-state index >= 15 is 0 Å². The van der Waals surface area contributed by atoms with Gasteiger partial charge in [0.25, 0.3) is 0 Å². The number of benzene rings is 2. The summed E-state index contributed by atoms with van der Waals surface area (Å²) in [6.45, 7) is 4.63. The fourth-order valence-corrected chi connectivity index (χ4v) is 2.72. The molecule has 2 N–H and O–H groups in total. The maximum Gasteiger partial charge on any atom is 0.228 e. The third-order valence-electron chi connectivity index (χ3n) is 4.13. The first-order chi connectivity index (χ1) is 12.0. The van der Waals surface area contributed by atoms with Crippen LogP contribution in [0, 0.1) is 0 Å². The first-order valence-electron chi connectivity index (χ1n) is 8.46. The van der Waals surface area contributed by atoms with E-state index in [1.165, 1.54) is 5.56 Å². The molecule has 0 saturated carbocycles. The summed E-state index contributed by atoms with van der Waals surface area (Å²) in [5, 5.41) is 5.71. The summed E-state index contributed by atoms with van der Waals surface area (Å²) < 4.78 is 5.52. The Morgan fingerprint density at radius 1 is 1.20 bits per heavy atom. The number of carbonyl (C=O) groups excluding carboxylic acids is 2. The zero-order chi connectivity index (χ0) is 17.8. The van der Waals surface area contributed by atoms with Crippen molar-refractivity contribution < 1.29 is 14.3 Å². The number of hydrogen-bond acceptors (Lipinski definition) is 3. The highest BCUT2D eigenvalue weighted by molar-refractivity contribution is 5.94. The molecule has 0 saturated heterocycles. The molecule has 0 aromatic heterocycles. The van der Waals surface area contributed by atoms with Gasteiger partial charge >= 0.3 is 0 Å². The fourth-order valence-electron chi connectivity index (χ4n) is 2.72. The van der Waals surface area contributed by atoms with Crippen LogP contribution in [0.3, 0.4) is 0 Å². The van der Waals surface area contributed by atoms with Crippen LogP contribution in [0.4, 0.5) is 11.4 Å². The third kappa shape index (κ3) is 4.38. The molecule has 2 aromatic rings. The molecule has 1 aliphatic rings. The van der Waals surface area contributed by atoms with Crippen LogP contribution in [0.25, 0.3) is 0 Å². The van der Waals surface area contributed by atoms with E-state index < -0.39 is 0 Å². The van der Waals surface area contributed by atoms with Gasteiger partial charge in [0, 0.05) is 5.69 Å². The Labute approximate surface area is 147 Å². The van der Waals surface area contributed by atoms with Gasteiger partial charge in [-0.05, 0) is 41.3 Å². The first kappa shape index (κ1) is 17.0. The van der Waals surface area contributed by atoms with Crippen molar-refractivity contribution >= 4 is 23.2 Å². The Balaban J connectivity index is 1.65. The smallest absolute Gasteiger partial charge is 0.228 e. The maximum absolute atomic E-state index is 12.3. The second-order valence-corrected chi connectivity index (χ2v) is 6.48. The van der Waals surface area contributed by atoms with Crippen LogP contribution in [-0.2, 0) is 16.0 Å². The minimum absolute atomic E-state index is 0.0782. The molecule has 1 aliphatic heterocycles. The molecule has 5 nitrogen and oxygen atoms in total. The van der Waals surface area contributed by atoms with Gasteiger partial charge in [0.1, 0.15) is 5.75 Å². The van der Waals surface area contributed by atoms with Gasteiger partial charge in [0.05, 0.1) is 25.1 Å². The monoisotopic (exact) mass is 338 g/mol. The Bertz CT molecular complexity index is 782. The minimum Gasteiger partial charge on any atom is -0.491 e. The van der Waals surface area contributed by atoms with Crippen LogP contribution < -0.4 is 15.4 Å². The van der Waals surface area contributed by atoms with E-state index in [-0.39, 0.29) is 18.2 Å². The van der Waals surface area contributed by atoms with Crippen LogP contribution in [0.15, 0.2) is 42.5 Å². The number of nitrogens with one attached hydrogen (secondary N) is 2. The lowest BCUT2D eigenvalue weighted by Crippen LogP contribution is -2.15. The summed E-state index contributed by atoms with van der Waals surface area (Å²) in [4.78, 5) is 23.9. The van der Waals surface area contributed by atoms with Gasteiger partial charge in [-0.1, -0.05) is 32.0 Å². The van der Waals surface area contributed by atoms with E-state index in [2.05, 4.69) is 24.5 Å². The molecule has 130 valence electrons. The lowest BCUT2D eigenvalue weighted by atomic mass is 10.0. The highest BCUT2D eigenvalue weighted by Gasteiger charge is 2.15. The van der Waals surface area contributed by atoms with Gasteiger partial charge in [-0.3, -0.25) is 9.59 Å². The van der Waals surface area contributed by atoms with Crippen molar-refractivity contribution in [3.8, 4) is 5.75 Å². The highest BCUT2D eigenvalue weighted by Crippen LogP contribution is 2.28. The van der Waals surface area contributed by atoms with Crippen molar-refractivity contribution in [2.45, 2.75) is 32.6 Å². The predicted molar refractivity (Wildman–Crippen MR) is 98.0 cm³/mol. The average molecular weight is 338 g/mol. The molecule has 3 rings (SSSR count). The molecule has 25 heavy (non-hydrogen) atoms. The summed E-state index contributed by atoms with van der Waals surface area (Å²) >= 11 is 0. The number of hydrogen-bond donors (Lipinski definition) is 2. The van der Waals surface area contributed by atoms with E-state index in [0.717, 1.165) is 11.3 Å². The predicted octanol–water partition coefficient (Wildman–Crippen LogP) is 3.71. The zero-order valence-corrected chi connectivity index (χ0v) is 14.5. The molecule has 2 amide bonds. The van der Waals surface area contributed by atoms with Crippen molar-refractivity contribution in [1.29, 1.82) is 0 Å². The van der Waals surface area contributed by atoms with E-state index in [1.54, 1.807) is 12.1 Å². The summed E-state index contributed by atoms with van der Waals surface area (Å²) in [6, 6.07) is 13.3. The topological polar surface area (TPSA) is 67.4 Å². The molecule has 2 aromatic carbocycles. The Morgan fingerprint density at radius 2 is 1.96 bits per heavy atom. The van der Waals surface area contributed by atoms with Gasteiger partial charge in [0.15, 0.2) is 0 Å². The van der Waals surface area contributed by atoms with Crippen molar-refractivity contribution in [1.82, 2.24) is 0 Å². The number of rotatable bonds is 4. The molecular formula is C20H22N2O3. The molecular weight excluding hydrogens is 316 g/mol. The Kier molecular flexibility index (Phi) is 5.03. The van der Waals surface area contributed by atoms with Crippen LogP contribution >= 0.6 is 0 Å². The van der Waals surface area contributed by atoms with Crippen molar-refractivity contribution in [3.05, 3.63) is 53.6 Å². The lowest BCUT2D eigenvalue weighted by molar-refractivity contribution is -0.116. The van der Waals surface area contributed by atoms with Gasteiger partial charge in [-0.15, -0.1) is 0 Å². The molecule has 0 spiro atoms. The summed E-state index contributed by atoms with van der Waals surface area (Å²) in [7, 11) is 0. The number of carbonyl (C=O) groups is 2. The summed E-state index contributed by atoms with van der Waals surface area (Å²) in [5.41, 5.74) is 3.45. The molecule has 5 heteroatoms. The highest BCUT2D eigenvalue weighted by atomic mass is 16.5. The number of fused-ring (bicyclic) bond motifs is 1. The van der Waals surface area contributed by atoms with E-state index in [1.807, 2.05) is 30.3 Å². The van der Waals surface area contributed by atoms with Gasteiger partial charge in [0.2, 0.25) is 11.8 Å². The number of ether oxygens (including phenoxy) is 1. The lowest BCUT2D eigenvalue weighted by Gasteiger charge is -2.11. The second-order valence-electron chi connectivity index (χ2n) is 6.48. The normalized spacial score (nSPS) is 13.5. The minimum atomic E-state index is -0.0990. The third-order valence-corrected chi connectivity index (χ3v) is 4.13. The standard InChI is InChI=1S/C20H22N2O3/c1-13(2)15-4-6-16(7-5-15)21-20(24)12-14-3-8-18-17(11-14)22-19(23)9-10-25-18/h3-8,11,13H,9-10,12H2,1-2H3,(H,21,24)(H,22,23). The Hall–Kier alpha value is -2.82. The van der Waals surface area contributed by atoms with Crippen LogP contribution in [0.5, 0.6) is 5.75 Å². The number of amides is 2.